The Balaban J connectivity index is 1.75. The number of benzene rings is 1. The zero-order valence-corrected chi connectivity index (χ0v) is 12.1. The lowest BCUT2D eigenvalue weighted by atomic mass is 9.91. The third-order valence-electron chi connectivity index (χ3n) is 4.94. The highest BCUT2D eigenvalue weighted by Crippen LogP contribution is 2.30. The molecule has 5 heteroatoms. The topological polar surface area (TPSA) is 57.4 Å². The molecule has 0 amide bonds. The summed E-state index contributed by atoms with van der Waals surface area (Å²) in [4.78, 5) is 9.40. The summed E-state index contributed by atoms with van der Waals surface area (Å²) in [6.07, 6.45) is 3.79. The maximum Gasteiger partial charge on any atom is 0.0634 e. The lowest BCUT2D eigenvalue weighted by Crippen LogP contribution is -2.64. The minimum Gasteiger partial charge on any atom is -0.299 e. The van der Waals surface area contributed by atoms with Gasteiger partial charge in [-0.15, -0.1) is 0 Å². The fourth-order valence-electron chi connectivity index (χ4n) is 3.79. The summed E-state index contributed by atoms with van der Waals surface area (Å²) in [6, 6.07) is 9.05. The van der Waals surface area contributed by atoms with Crippen molar-refractivity contribution in [3.63, 3.8) is 0 Å². The lowest BCUT2D eigenvalue weighted by molar-refractivity contribution is -0.00348. The van der Waals surface area contributed by atoms with Crippen molar-refractivity contribution in [2.45, 2.75) is 12.1 Å². The molecule has 0 saturated carbocycles. The Morgan fingerprint density at radius 3 is 2.76 bits per heavy atom. The molecule has 2 atom stereocenters. The SMILES string of the molecule is NNC(c1cccc2ccncc12)C1CN2CCN1CC2. The number of pyridine rings is 1. The molecule has 110 valence electrons. The number of fused-ring (bicyclic) bond motifs is 4. The minimum absolute atomic E-state index is 0.140. The van der Waals surface area contributed by atoms with Crippen LogP contribution in [0.15, 0.2) is 36.7 Å². The van der Waals surface area contributed by atoms with E-state index < -0.39 is 0 Å². The Labute approximate surface area is 124 Å². The molecule has 2 bridgehead atoms. The third kappa shape index (κ3) is 2.22. The van der Waals surface area contributed by atoms with Crippen LogP contribution in [0.3, 0.4) is 0 Å². The van der Waals surface area contributed by atoms with E-state index in [1.807, 2.05) is 12.4 Å². The molecule has 3 aliphatic heterocycles. The molecule has 3 N–H and O–H groups in total. The predicted octanol–water partition coefficient (Wildman–Crippen LogP) is 0.739. The molecular weight excluding hydrogens is 262 g/mol. The van der Waals surface area contributed by atoms with E-state index in [4.69, 9.17) is 5.84 Å². The van der Waals surface area contributed by atoms with Crippen LogP contribution in [0, 0.1) is 0 Å². The second-order valence-corrected chi connectivity index (χ2v) is 5.99. The van der Waals surface area contributed by atoms with Crippen molar-refractivity contribution in [2.75, 3.05) is 32.7 Å². The third-order valence-corrected chi connectivity index (χ3v) is 4.94. The van der Waals surface area contributed by atoms with Gasteiger partial charge in [0, 0.05) is 56.5 Å². The molecule has 4 heterocycles. The Bertz CT molecular complexity index is 630. The van der Waals surface area contributed by atoms with Gasteiger partial charge in [0.1, 0.15) is 0 Å². The van der Waals surface area contributed by atoms with Crippen LogP contribution in [0.1, 0.15) is 11.6 Å². The van der Waals surface area contributed by atoms with E-state index >= 15 is 0 Å². The van der Waals surface area contributed by atoms with Gasteiger partial charge in [-0.25, -0.2) is 0 Å². The molecular formula is C16H21N5. The van der Waals surface area contributed by atoms with Gasteiger partial charge in [-0.3, -0.25) is 26.1 Å². The zero-order chi connectivity index (χ0) is 14.2. The number of rotatable bonds is 3. The largest absolute Gasteiger partial charge is 0.299 e. The van der Waals surface area contributed by atoms with E-state index in [0.29, 0.717) is 6.04 Å². The van der Waals surface area contributed by atoms with Crippen LogP contribution in [0.2, 0.25) is 0 Å². The molecule has 21 heavy (non-hydrogen) atoms. The van der Waals surface area contributed by atoms with Gasteiger partial charge >= 0.3 is 0 Å². The summed E-state index contributed by atoms with van der Waals surface area (Å²) < 4.78 is 0. The average Bonchev–Trinajstić information content (AvgIpc) is 2.57. The first kappa shape index (κ1) is 13.2. The zero-order valence-electron chi connectivity index (χ0n) is 12.1. The van der Waals surface area contributed by atoms with Crippen molar-refractivity contribution in [3.05, 3.63) is 42.2 Å². The van der Waals surface area contributed by atoms with Crippen LogP contribution in [-0.2, 0) is 0 Å². The summed E-state index contributed by atoms with van der Waals surface area (Å²) in [5.41, 5.74) is 4.32. The van der Waals surface area contributed by atoms with E-state index in [9.17, 15) is 0 Å². The second-order valence-electron chi connectivity index (χ2n) is 5.99. The van der Waals surface area contributed by atoms with E-state index in [1.165, 1.54) is 29.4 Å². The number of nitrogens with one attached hydrogen (secondary N) is 1. The Hall–Kier alpha value is -1.53. The Morgan fingerprint density at radius 1 is 1.19 bits per heavy atom. The van der Waals surface area contributed by atoms with Crippen molar-refractivity contribution >= 4 is 10.8 Å². The standard InChI is InChI=1S/C16H21N5/c17-19-16(15-11-20-6-8-21(15)9-7-20)13-3-1-2-12-4-5-18-10-14(12)13/h1-5,10,15-16,19H,6-9,11,17H2. The lowest BCUT2D eigenvalue weighted by Gasteiger charge is -2.50. The van der Waals surface area contributed by atoms with Gasteiger partial charge in [0.2, 0.25) is 0 Å². The summed E-state index contributed by atoms with van der Waals surface area (Å²) >= 11 is 0. The van der Waals surface area contributed by atoms with Crippen LogP contribution in [0.5, 0.6) is 0 Å². The number of nitrogens with zero attached hydrogens (tertiary/aromatic N) is 3. The molecule has 1 aromatic heterocycles. The second kappa shape index (κ2) is 5.35. The number of piperazine rings is 3. The molecule has 5 rings (SSSR count). The fraction of sp³-hybridized carbons (Fsp3) is 0.438. The molecule has 0 spiro atoms. The minimum atomic E-state index is 0.140. The monoisotopic (exact) mass is 283 g/mol. The maximum absolute atomic E-state index is 5.94. The number of hydrogen-bond acceptors (Lipinski definition) is 5. The average molecular weight is 283 g/mol. The number of nitrogens with two attached hydrogens (primary N) is 1. The number of hydrazine groups is 1. The predicted molar refractivity (Wildman–Crippen MR) is 83.6 cm³/mol. The van der Waals surface area contributed by atoms with Crippen LogP contribution >= 0.6 is 0 Å². The summed E-state index contributed by atoms with van der Waals surface area (Å²) in [7, 11) is 0. The summed E-state index contributed by atoms with van der Waals surface area (Å²) in [6.45, 7) is 5.75. The van der Waals surface area contributed by atoms with Gasteiger partial charge in [-0.1, -0.05) is 18.2 Å². The Kier molecular flexibility index (Phi) is 3.35. The smallest absolute Gasteiger partial charge is 0.0634 e. The number of hydrogen-bond donors (Lipinski definition) is 2. The number of aromatic nitrogens is 1. The highest BCUT2D eigenvalue weighted by molar-refractivity contribution is 5.85. The highest BCUT2D eigenvalue weighted by Gasteiger charge is 2.37. The normalized spacial score (nSPS) is 29.7. The van der Waals surface area contributed by atoms with Crippen LogP contribution in [0.25, 0.3) is 10.8 Å². The van der Waals surface area contributed by atoms with Gasteiger partial charge in [-0.2, -0.15) is 0 Å². The molecule has 2 unspecified atom stereocenters. The van der Waals surface area contributed by atoms with Crippen molar-refractivity contribution in [1.82, 2.24) is 20.2 Å². The summed E-state index contributed by atoms with van der Waals surface area (Å²) in [5, 5.41) is 2.42. The first-order chi connectivity index (χ1) is 10.4. The molecule has 3 fully saturated rings. The first-order valence-corrected chi connectivity index (χ1v) is 7.62. The van der Waals surface area contributed by atoms with Crippen molar-refractivity contribution in [2.24, 2.45) is 5.84 Å². The highest BCUT2D eigenvalue weighted by atomic mass is 15.4. The van der Waals surface area contributed by atoms with E-state index in [2.05, 4.69) is 44.5 Å². The molecule has 3 aliphatic rings. The van der Waals surface area contributed by atoms with Gasteiger partial charge in [-0.05, 0) is 17.0 Å². The van der Waals surface area contributed by atoms with Gasteiger partial charge in [0.15, 0.2) is 0 Å². The molecule has 2 aromatic rings. The summed E-state index contributed by atoms with van der Waals surface area (Å²) in [5.74, 6) is 5.94. The fourth-order valence-corrected chi connectivity index (χ4v) is 3.79. The van der Waals surface area contributed by atoms with Gasteiger partial charge in [0.25, 0.3) is 0 Å². The van der Waals surface area contributed by atoms with E-state index in [0.717, 1.165) is 19.6 Å². The Morgan fingerprint density at radius 2 is 2.05 bits per heavy atom. The van der Waals surface area contributed by atoms with Crippen LogP contribution in [0.4, 0.5) is 0 Å². The molecule has 0 aliphatic carbocycles. The molecule has 0 radical (unpaired) electrons. The van der Waals surface area contributed by atoms with Crippen molar-refractivity contribution in [1.29, 1.82) is 0 Å². The van der Waals surface area contributed by atoms with Crippen molar-refractivity contribution in [3.8, 4) is 0 Å². The molecule has 5 nitrogen and oxygen atoms in total. The van der Waals surface area contributed by atoms with Gasteiger partial charge < -0.3 is 0 Å². The molecule has 1 aromatic carbocycles. The quantitative estimate of drug-likeness (QED) is 0.643. The first-order valence-electron chi connectivity index (χ1n) is 7.62. The van der Waals surface area contributed by atoms with Crippen molar-refractivity contribution < 1.29 is 0 Å². The van der Waals surface area contributed by atoms with Crippen LogP contribution < -0.4 is 11.3 Å². The van der Waals surface area contributed by atoms with Crippen LogP contribution in [-0.4, -0.2) is 53.5 Å². The molecule has 3 saturated heterocycles. The van der Waals surface area contributed by atoms with E-state index in [1.54, 1.807) is 0 Å². The van der Waals surface area contributed by atoms with E-state index in [-0.39, 0.29) is 6.04 Å². The van der Waals surface area contributed by atoms with Gasteiger partial charge in [0.05, 0.1) is 6.04 Å². The maximum atomic E-state index is 5.94.